The number of hydrogen-bond donors (Lipinski definition) is 1. The Morgan fingerprint density at radius 3 is 2.60 bits per heavy atom. The normalized spacial score (nSPS) is 11.9. The zero-order valence-corrected chi connectivity index (χ0v) is 9.19. The van der Waals surface area contributed by atoms with Crippen LogP contribution in [0.3, 0.4) is 0 Å². The molecule has 1 N–H and O–H groups in total. The van der Waals surface area contributed by atoms with Crippen LogP contribution in [0.2, 0.25) is 0 Å². The summed E-state index contributed by atoms with van der Waals surface area (Å²) in [5.74, 6) is 0.352. The number of methoxy groups -OCH3 is 1. The van der Waals surface area contributed by atoms with Gasteiger partial charge in [-0.3, -0.25) is 0 Å². The molecule has 0 fully saturated rings. The minimum atomic E-state index is -0.371. The summed E-state index contributed by atoms with van der Waals surface area (Å²) in [5, 5.41) is 2.72. The fourth-order valence-electron chi connectivity index (χ4n) is 1.50. The van der Waals surface area contributed by atoms with E-state index in [2.05, 4.69) is 29.1 Å². The summed E-state index contributed by atoms with van der Waals surface area (Å²) in [6, 6.07) is 10.2. The van der Waals surface area contributed by atoms with Crippen LogP contribution in [0, 0.1) is 0 Å². The third kappa shape index (κ3) is 3.62. The molecule has 0 saturated carbocycles. The number of benzene rings is 1. The highest BCUT2D eigenvalue weighted by molar-refractivity contribution is 5.66. The monoisotopic (exact) mass is 207 g/mol. The van der Waals surface area contributed by atoms with Crippen LogP contribution in [0.4, 0.5) is 4.79 Å². The maximum Gasteiger partial charge on any atom is 0.406 e. The van der Waals surface area contributed by atoms with E-state index in [0.717, 1.165) is 6.42 Å². The van der Waals surface area contributed by atoms with Gasteiger partial charge < -0.3 is 10.1 Å². The predicted octanol–water partition coefficient (Wildman–Crippen LogP) is 2.54. The minimum absolute atomic E-state index is 0.352. The summed E-state index contributed by atoms with van der Waals surface area (Å²) in [5.41, 5.74) is 1.25. The number of carbonyl (C=O) groups is 1. The molecule has 1 aromatic carbocycles. The first-order valence-corrected chi connectivity index (χ1v) is 5.14. The van der Waals surface area contributed by atoms with Crippen LogP contribution >= 0.6 is 0 Å². The smallest absolute Gasteiger partial charge is 0.406 e. The molecule has 0 radical (unpaired) electrons. The largest absolute Gasteiger partial charge is 0.453 e. The molecule has 0 spiro atoms. The molecule has 1 rings (SSSR count). The number of rotatable bonds is 4. The van der Waals surface area contributed by atoms with Crippen molar-refractivity contribution in [2.24, 2.45) is 0 Å². The summed E-state index contributed by atoms with van der Waals surface area (Å²) in [6.45, 7) is 2.73. The summed E-state index contributed by atoms with van der Waals surface area (Å²) in [4.78, 5) is 10.9. The maximum atomic E-state index is 10.9. The quantitative estimate of drug-likeness (QED) is 0.824. The van der Waals surface area contributed by atoms with E-state index in [4.69, 9.17) is 0 Å². The standard InChI is InChI=1S/C12H17NO2/c1-3-10(9-13-12(14)15-2)11-7-5-4-6-8-11/h4-8,10H,3,9H2,1-2H3,(H,13,14). The SMILES string of the molecule is CCC(CNC(=O)OC)c1ccccc1. The molecule has 1 atom stereocenters. The van der Waals surface area contributed by atoms with E-state index in [9.17, 15) is 4.79 Å². The summed E-state index contributed by atoms with van der Waals surface area (Å²) in [7, 11) is 1.37. The van der Waals surface area contributed by atoms with E-state index in [1.165, 1.54) is 12.7 Å². The van der Waals surface area contributed by atoms with Crippen LogP contribution in [0.15, 0.2) is 30.3 Å². The van der Waals surface area contributed by atoms with Gasteiger partial charge in [0, 0.05) is 12.5 Å². The molecular weight excluding hydrogens is 190 g/mol. The molecule has 3 nitrogen and oxygen atoms in total. The Balaban J connectivity index is 2.53. The second kappa shape index (κ2) is 6.06. The van der Waals surface area contributed by atoms with Crippen molar-refractivity contribution in [3.8, 4) is 0 Å². The minimum Gasteiger partial charge on any atom is -0.453 e. The van der Waals surface area contributed by atoms with Crippen molar-refractivity contribution in [1.82, 2.24) is 5.32 Å². The zero-order chi connectivity index (χ0) is 11.1. The lowest BCUT2D eigenvalue weighted by Gasteiger charge is -2.15. The molecular formula is C12H17NO2. The third-order valence-corrected chi connectivity index (χ3v) is 2.44. The van der Waals surface area contributed by atoms with Crippen molar-refractivity contribution >= 4 is 6.09 Å². The van der Waals surface area contributed by atoms with Gasteiger partial charge in [-0.2, -0.15) is 0 Å². The Labute approximate surface area is 90.4 Å². The lowest BCUT2D eigenvalue weighted by molar-refractivity contribution is 0.170. The molecule has 0 bridgehead atoms. The highest BCUT2D eigenvalue weighted by Gasteiger charge is 2.10. The molecule has 0 saturated heterocycles. The van der Waals surface area contributed by atoms with Crippen molar-refractivity contribution in [1.29, 1.82) is 0 Å². The lowest BCUT2D eigenvalue weighted by atomic mass is 9.97. The van der Waals surface area contributed by atoms with Gasteiger partial charge in [-0.05, 0) is 12.0 Å². The second-order valence-corrected chi connectivity index (χ2v) is 3.39. The van der Waals surface area contributed by atoms with E-state index < -0.39 is 0 Å². The topological polar surface area (TPSA) is 38.3 Å². The number of amides is 1. The van der Waals surface area contributed by atoms with Gasteiger partial charge in [-0.15, -0.1) is 0 Å². The molecule has 0 aliphatic carbocycles. The average Bonchev–Trinajstić information content (AvgIpc) is 2.31. The van der Waals surface area contributed by atoms with Gasteiger partial charge in [0.2, 0.25) is 0 Å². The van der Waals surface area contributed by atoms with Crippen molar-refractivity contribution in [2.45, 2.75) is 19.3 Å². The van der Waals surface area contributed by atoms with Crippen LogP contribution in [-0.2, 0) is 4.74 Å². The van der Waals surface area contributed by atoms with Gasteiger partial charge in [0.1, 0.15) is 0 Å². The Hall–Kier alpha value is -1.51. The van der Waals surface area contributed by atoms with Crippen molar-refractivity contribution in [3.05, 3.63) is 35.9 Å². The molecule has 1 aromatic rings. The van der Waals surface area contributed by atoms with E-state index in [-0.39, 0.29) is 6.09 Å². The molecule has 0 heterocycles. The van der Waals surface area contributed by atoms with Crippen molar-refractivity contribution < 1.29 is 9.53 Å². The van der Waals surface area contributed by atoms with Crippen LogP contribution in [-0.4, -0.2) is 19.7 Å². The van der Waals surface area contributed by atoms with E-state index in [1.807, 2.05) is 18.2 Å². The Morgan fingerprint density at radius 2 is 2.07 bits per heavy atom. The molecule has 0 aliphatic heterocycles. The summed E-state index contributed by atoms with van der Waals surface area (Å²) in [6.07, 6.45) is 0.623. The number of ether oxygens (including phenoxy) is 1. The first-order chi connectivity index (χ1) is 7.27. The van der Waals surface area contributed by atoms with Crippen LogP contribution in [0.1, 0.15) is 24.8 Å². The number of carbonyl (C=O) groups excluding carboxylic acids is 1. The molecule has 3 heteroatoms. The first-order valence-electron chi connectivity index (χ1n) is 5.14. The summed E-state index contributed by atoms with van der Waals surface area (Å²) >= 11 is 0. The van der Waals surface area contributed by atoms with Gasteiger partial charge >= 0.3 is 6.09 Å². The van der Waals surface area contributed by atoms with E-state index in [0.29, 0.717) is 12.5 Å². The van der Waals surface area contributed by atoms with Gasteiger partial charge in [0.15, 0.2) is 0 Å². The Morgan fingerprint density at radius 1 is 1.40 bits per heavy atom. The lowest BCUT2D eigenvalue weighted by Crippen LogP contribution is -2.27. The Kier molecular flexibility index (Phi) is 4.68. The summed E-state index contributed by atoms with van der Waals surface area (Å²) < 4.78 is 4.53. The highest BCUT2D eigenvalue weighted by atomic mass is 16.5. The average molecular weight is 207 g/mol. The van der Waals surface area contributed by atoms with Crippen molar-refractivity contribution in [2.75, 3.05) is 13.7 Å². The molecule has 1 unspecified atom stereocenters. The maximum absolute atomic E-state index is 10.9. The molecule has 82 valence electrons. The van der Waals surface area contributed by atoms with E-state index >= 15 is 0 Å². The fourth-order valence-corrected chi connectivity index (χ4v) is 1.50. The van der Waals surface area contributed by atoms with Gasteiger partial charge in [-0.1, -0.05) is 37.3 Å². The second-order valence-electron chi connectivity index (χ2n) is 3.39. The molecule has 1 amide bonds. The number of nitrogens with one attached hydrogen (secondary N) is 1. The molecule has 15 heavy (non-hydrogen) atoms. The van der Waals surface area contributed by atoms with Crippen LogP contribution < -0.4 is 5.32 Å². The third-order valence-electron chi connectivity index (χ3n) is 2.44. The van der Waals surface area contributed by atoms with Crippen LogP contribution in [0.5, 0.6) is 0 Å². The molecule has 0 aliphatic rings. The predicted molar refractivity (Wildman–Crippen MR) is 59.9 cm³/mol. The number of hydrogen-bond acceptors (Lipinski definition) is 2. The van der Waals surface area contributed by atoms with Crippen molar-refractivity contribution in [3.63, 3.8) is 0 Å². The number of alkyl carbamates (subject to hydrolysis) is 1. The fraction of sp³-hybridized carbons (Fsp3) is 0.417. The zero-order valence-electron chi connectivity index (χ0n) is 9.19. The van der Waals surface area contributed by atoms with Gasteiger partial charge in [-0.25, -0.2) is 4.79 Å². The van der Waals surface area contributed by atoms with Gasteiger partial charge in [0.05, 0.1) is 7.11 Å². The highest BCUT2D eigenvalue weighted by Crippen LogP contribution is 2.17. The van der Waals surface area contributed by atoms with E-state index in [1.54, 1.807) is 0 Å². The van der Waals surface area contributed by atoms with Gasteiger partial charge in [0.25, 0.3) is 0 Å². The Bertz CT molecular complexity index is 298. The van der Waals surface area contributed by atoms with Crippen LogP contribution in [0.25, 0.3) is 0 Å². The molecule has 0 aromatic heterocycles. The first kappa shape index (κ1) is 11.6.